The number of hydrogen-bond acceptors (Lipinski definition) is 2. The quantitative estimate of drug-likeness (QED) is 0.376. The van der Waals surface area contributed by atoms with Gasteiger partial charge in [0.15, 0.2) is 5.96 Å². The molecule has 0 aromatic heterocycles. The molecular weight excluding hydrogens is 180 g/mol. The molecule has 1 saturated heterocycles. The summed E-state index contributed by atoms with van der Waals surface area (Å²) in [5.41, 5.74) is 4.88. The van der Waals surface area contributed by atoms with Gasteiger partial charge in [-0.15, -0.1) is 12.4 Å². The van der Waals surface area contributed by atoms with E-state index in [1.807, 2.05) is 13.8 Å². The minimum absolute atomic E-state index is 0. The number of nitrogens with two attached hydrogens (primary N) is 1. The zero-order valence-electron chi connectivity index (χ0n) is 7.05. The van der Waals surface area contributed by atoms with Gasteiger partial charge in [0.1, 0.15) is 0 Å². The topological polar surface area (TPSA) is 82.2 Å². The Morgan fingerprint density at radius 1 is 1.75 bits per heavy atom. The average Bonchev–Trinajstić information content (AvgIpc) is 2.05. The van der Waals surface area contributed by atoms with Crippen LogP contribution in [0.15, 0.2) is 0 Å². The van der Waals surface area contributed by atoms with E-state index in [-0.39, 0.29) is 29.9 Å². The second kappa shape index (κ2) is 3.18. The van der Waals surface area contributed by atoms with Gasteiger partial charge in [-0.25, -0.2) is 4.79 Å². The van der Waals surface area contributed by atoms with Gasteiger partial charge in [0, 0.05) is 0 Å². The fourth-order valence-corrected chi connectivity index (χ4v) is 1.06. The van der Waals surface area contributed by atoms with E-state index in [4.69, 9.17) is 11.1 Å². The molecule has 0 spiro atoms. The highest BCUT2D eigenvalue weighted by Gasteiger charge is 2.35. The molecule has 1 rings (SSSR count). The highest BCUT2D eigenvalue weighted by molar-refractivity contribution is 5.95. The number of carbonyl (C=O) groups is 1. The van der Waals surface area contributed by atoms with Gasteiger partial charge in [0.25, 0.3) is 0 Å². The molecule has 2 amide bonds. The van der Waals surface area contributed by atoms with E-state index < -0.39 is 0 Å². The van der Waals surface area contributed by atoms with Crippen LogP contribution in [0.5, 0.6) is 0 Å². The van der Waals surface area contributed by atoms with Crippen molar-refractivity contribution in [2.45, 2.75) is 19.4 Å². The summed E-state index contributed by atoms with van der Waals surface area (Å²) < 4.78 is 0. The normalized spacial score (nSPS) is 19.8. The summed E-state index contributed by atoms with van der Waals surface area (Å²) in [5.74, 6) is -0.201. The minimum atomic E-state index is -0.289. The number of guanidine groups is 1. The smallest absolute Gasteiger partial charge is 0.324 e. The third-order valence-electron chi connectivity index (χ3n) is 1.53. The Morgan fingerprint density at radius 3 is 2.42 bits per heavy atom. The highest BCUT2D eigenvalue weighted by Crippen LogP contribution is 2.12. The molecule has 0 radical (unpaired) electrons. The predicted molar refractivity (Wildman–Crippen MR) is 48.5 cm³/mol. The first-order chi connectivity index (χ1) is 4.92. The Balaban J connectivity index is 0.00000121. The summed E-state index contributed by atoms with van der Waals surface area (Å²) in [6.45, 7) is 4.23. The van der Waals surface area contributed by atoms with Crippen LogP contribution in [-0.4, -0.2) is 29.0 Å². The fraction of sp³-hybridized carbons (Fsp3) is 0.667. The minimum Gasteiger partial charge on any atom is -0.370 e. The maximum Gasteiger partial charge on any atom is 0.324 e. The molecular formula is C6H13ClN4O. The van der Waals surface area contributed by atoms with E-state index in [1.165, 1.54) is 4.90 Å². The first-order valence-electron chi connectivity index (χ1n) is 3.36. The summed E-state index contributed by atoms with van der Waals surface area (Å²) in [6, 6.07) is -0.289. The molecule has 0 aromatic carbocycles. The van der Waals surface area contributed by atoms with Gasteiger partial charge in [0.05, 0.1) is 12.1 Å². The third-order valence-corrected chi connectivity index (χ3v) is 1.53. The van der Waals surface area contributed by atoms with Gasteiger partial charge < -0.3 is 11.1 Å². The average molecular weight is 193 g/mol. The number of urea groups is 1. The molecule has 1 heterocycles. The summed E-state index contributed by atoms with van der Waals surface area (Å²) in [5, 5.41) is 9.73. The number of nitrogens with zero attached hydrogens (tertiary/aromatic N) is 1. The molecule has 12 heavy (non-hydrogen) atoms. The second-order valence-electron chi connectivity index (χ2n) is 3.29. The van der Waals surface area contributed by atoms with Gasteiger partial charge in [-0.3, -0.25) is 10.3 Å². The van der Waals surface area contributed by atoms with Crippen molar-refractivity contribution >= 4 is 24.4 Å². The largest absolute Gasteiger partial charge is 0.370 e. The monoisotopic (exact) mass is 192 g/mol. The Kier molecular flexibility index (Phi) is 2.93. The number of nitrogens with one attached hydrogen (secondary N) is 2. The fourth-order valence-electron chi connectivity index (χ4n) is 1.06. The lowest BCUT2D eigenvalue weighted by molar-refractivity contribution is 0.233. The van der Waals surface area contributed by atoms with Crippen LogP contribution in [-0.2, 0) is 0 Å². The molecule has 5 nitrogen and oxygen atoms in total. The van der Waals surface area contributed by atoms with Gasteiger partial charge in [0.2, 0.25) is 0 Å². The first kappa shape index (κ1) is 11.0. The molecule has 0 saturated carbocycles. The number of carbonyl (C=O) groups excluding carboxylic acids is 1. The van der Waals surface area contributed by atoms with Crippen molar-refractivity contribution in [3.8, 4) is 0 Å². The molecule has 0 unspecified atom stereocenters. The Bertz CT molecular complexity index is 216. The van der Waals surface area contributed by atoms with Crippen molar-refractivity contribution in [1.29, 1.82) is 5.41 Å². The number of halogens is 1. The maximum absolute atomic E-state index is 11.0. The number of rotatable bonds is 0. The zero-order valence-corrected chi connectivity index (χ0v) is 7.86. The molecule has 4 N–H and O–H groups in total. The summed E-state index contributed by atoms with van der Waals surface area (Å²) in [7, 11) is 0. The number of amides is 2. The molecule has 0 aromatic rings. The van der Waals surface area contributed by atoms with Crippen LogP contribution in [0.1, 0.15) is 13.8 Å². The van der Waals surface area contributed by atoms with E-state index in [2.05, 4.69) is 5.32 Å². The predicted octanol–water partition coefficient (Wildman–Crippen LogP) is 0.105. The second-order valence-corrected chi connectivity index (χ2v) is 3.29. The first-order valence-corrected chi connectivity index (χ1v) is 3.36. The Morgan fingerprint density at radius 2 is 2.25 bits per heavy atom. The van der Waals surface area contributed by atoms with E-state index in [1.54, 1.807) is 0 Å². The Hall–Kier alpha value is -0.970. The Labute approximate surface area is 77.2 Å². The molecule has 6 heteroatoms. The lowest BCUT2D eigenvalue weighted by Crippen LogP contribution is -2.38. The summed E-state index contributed by atoms with van der Waals surface area (Å²) in [4.78, 5) is 12.2. The molecule has 0 atom stereocenters. The van der Waals surface area contributed by atoms with E-state index in [0.717, 1.165) is 0 Å². The summed E-state index contributed by atoms with van der Waals surface area (Å²) >= 11 is 0. The molecule has 1 aliphatic rings. The van der Waals surface area contributed by atoms with Crippen LogP contribution < -0.4 is 11.1 Å². The van der Waals surface area contributed by atoms with Crippen molar-refractivity contribution in [2.75, 3.05) is 6.54 Å². The molecule has 1 fully saturated rings. The van der Waals surface area contributed by atoms with E-state index >= 15 is 0 Å². The van der Waals surface area contributed by atoms with Crippen LogP contribution >= 0.6 is 12.4 Å². The SMILES string of the molecule is CC1(C)CN(C(=N)N)C(=O)N1.Cl. The standard InChI is InChI=1S/C6H12N4O.ClH/c1-6(2)3-10(4(7)8)5(11)9-6;/h3H2,1-2H3,(H3,7,8)(H,9,11);1H. The van der Waals surface area contributed by atoms with Crippen molar-refractivity contribution in [2.24, 2.45) is 5.73 Å². The van der Waals surface area contributed by atoms with Crippen LogP contribution in [0.3, 0.4) is 0 Å². The number of hydrogen-bond donors (Lipinski definition) is 3. The zero-order chi connectivity index (χ0) is 8.65. The van der Waals surface area contributed by atoms with Crippen molar-refractivity contribution < 1.29 is 4.79 Å². The molecule has 0 aliphatic carbocycles. The van der Waals surface area contributed by atoms with Crippen molar-refractivity contribution in [3.63, 3.8) is 0 Å². The van der Waals surface area contributed by atoms with E-state index in [9.17, 15) is 4.79 Å². The molecule has 70 valence electrons. The van der Waals surface area contributed by atoms with Crippen LogP contribution in [0.25, 0.3) is 0 Å². The maximum atomic E-state index is 11.0. The van der Waals surface area contributed by atoms with Crippen LogP contribution in [0.2, 0.25) is 0 Å². The van der Waals surface area contributed by atoms with Gasteiger partial charge in [-0.05, 0) is 13.8 Å². The van der Waals surface area contributed by atoms with E-state index in [0.29, 0.717) is 6.54 Å². The van der Waals surface area contributed by atoms with Crippen molar-refractivity contribution in [3.05, 3.63) is 0 Å². The molecule has 1 aliphatic heterocycles. The lowest BCUT2D eigenvalue weighted by atomic mass is 10.1. The third kappa shape index (κ3) is 2.01. The highest BCUT2D eigenvalue weighted by atomic mass is 35.5. The summed E-state index contributed by atoms with van der Waals surface area (Å²) in [6.07, 6.45) is 0. The van der Waals surface area contributed by atoms with Gasteiger partial charge in [-0.2, -0.15) is 0 Å². The van der Waals surface area contributed by atoms with Gasteiger partial charge in [-0.1, -0.05) is 0 Å². The van der Waals surface area contributed by atoms with Crippen LogP contribution in [0, 0.1) is 5.41 Å². The molecule has 0 bridgehead atoms. The lowest BCUT2D eigenvalue weighted by Gasteiger charge is -2.15. The van der Waals surface area contributed by atoms with Gasteiger partial charge >= 0.3 is 6.03 Å². The van der Waals surface area contributed by atoms with Crippen molar-refractivity contribution in [1.82, 2.24) is 10.2 Å². The van der Waals surface area contributed by atoms with Crippen LogP contribution in [0.4, 0.5) is 4.79 Å².